The number of carbonyl (C=O) groups is 2. The van der Waals surface area contributed by atoms with E-state index in [0.717, 1.165) is 29.7 Å². The number of rotatable bonds is 23. The number of hydrogen-bond donors (Lipinski definition) is 5. The summed E-state index contributed by atoms with van der Waals surface area (Å²) in [6.45, 7) is 6.44. The van der Waals surface area contributed by atoms with Gasteiger partial charge in [0, 0.05) is 37.7 Å². The molecule has 17 heteroatoms. The van der Waals surface area contributed by atoms with Crippen LogP contribution in [0.3, 0.4) is 0 Å². The van der Waals surface area contributed by atoms with E-state index in [2.05, 4.69) is 4.90 Å². The predicted molar refractivity (Wildman–Crippen MR) is 192 cm³/mol. The lowest BCUT2D eigenvalue weighted by atomic mass is 9.66. The Morgan fingerprint density at radius 3 is 1.66 bits per heavy atom. The Morgan fingerprint density at radius 1 is 0.787 bits per heavy atom. The van der Waals surface area contributed by atoms with E-state index >= 15 is 0 Å². The second-order valence-corrected chi connectivity index (χ2v) is 11.2. The highest BCUT2D eigenvalue weighted by Gasteiger charge is 2.28. The summed E-state index contributed by atoms with van der Waals surface area (Å²) >= 11 is 0. The molecule has 0 spiro atoms. The molecule has 0 aliphatic rings. The average molecular weight is 641 g/mol. The third-order valence-corrected chi connectivity index (χ3v) is 7.10. The zero-order valence-electron chi connectivity index (χ0n) is 27.5. The number of hydrogen-bond acceptors (Lipinski definition) is 10. The van der Waals surface area contributed by atoms with Crippen LogP contribution in [-0.2, 0) is 32.3 Å². The minimum atomic E-state index is -0.962. The first-order valence-electron chi connectivity index (χ1n) is 15.8. The normalized spacial score (nSPS) is 11.0. The van der Waals surface area contributed by atoms with E-state index in [0.29, 0.717) is 82.5 Å². The Morgan fingerprint density at radius 2 is 1.26 bits per heavy atom. The fourth-order valence-corrected chi connectivity index (χ4v) is 4.67. The molecule has 2 aromatic carbocycles. The summed E-state index contributed by atoms with van der Waals surface area (Å²) in [6.07, 6.45) is 2.86. The molecular weight excluding hydrogens is 596 g/mol. The van der Waals surface area contributed by atoms with Gasteiger partial charge >= 0.3 is 21.5 Å². The second kappa shape index (κ2) is 22.2. The first-order valence-corrected chi connectivity index (χ1v) is 15.8. The highest BCUT2D eigenvalue weighted by Crippen LogP contribution is 2.12. The molecule has 0 saturated heterocycles. The number of carbonyl (C=O) groups excluding carboxylic acids is 2. The van der Waals surface area contributed by atoms with Crippen LogP contribution < -0.4 is 0 Å². The van der Waals surface area contributed by atoms with E-state index in [1.54, 1.807) is 30.1 Å². The van der Waals surface area contributed by atoms with Crippen LogP contribution in [0.2, 0.25) is 33.1 Å². The molecule has 2 radical (unpaired) electrons. The van der Waals surface area contributed by atoms with E-state index in [9.17, 15) is 24.7 Å². The van der Waals surface area contributed by atoms with Gasteiger partial charge in [-0.2, -0.15) is 0 Å². The Bertz CT molecular complexity index is 1280. The standard InChI is InChI=1S/C30H44B5N5O7/c1-33(43)19-29(37)27-12-8-25(9-13-27)21-47-17-5-15-40(35(3)45)30(38-32-23-42)39(34(2)44)14-4-16-46-20-24-6-10-26(11-7-24)28(36)18-31-22-41/h6-13,22-23,36-37,43-45H,4-5,14-21H2,1-3H3. The van der Waals surface area contributed by atoms with E-state index in [1.165, 1.54) is 7.28 Å². The van der Waals surface area contributed by atoms with Gasteiger partial charge < -0.3 is 59.5 Å². The van der Waals surface area contributed by atoms with Gasteiger partial charge in [0.1, 0.15) is 6.19 Å². The fourth-order valence-electron chi connectivity index (χ4n) is 4.67. The first kappa shape index (κ1) is 39.7. The monoisotopic (exact) mass is 641 g/mol. The van der Waals surface area contributed by atoms with Crippen molar-refractivity contribution < 1.29 is 34.1 Å². The summed E-state index contributed by atoms with van der Waals surface area (Å²) in [5, 5.41) is 46.8. The topological polar surface area (TPSA) is 180 Å². The molecule has 2 aromatic rings. The Labute approximate surface area is 280 Å². The van der Waals surface area contributed by atoms with Crippen LogP contribution in [0, 0.1) is 10.8 Å². The van der Waals surface area contributed by atoms with Crippen LogP contribution in [0.25, 0.3) is 0 Å². The van der Waals surface area contributed by atoms with Crippen molar-refractivity contribution in [3.8, 4) is 0 Å². The molecule has 2 rings (SSSR count). The van der Waals surface area contributed by atoms with E-state index in [-0.39, 0.29) is 12.3 Å². The number of ether oxygens (including phenoxy) is 2. The quantitative estimate of drug-likeness (QED) is 0.0398. The molecule has 0 atom stereocenters. The zero-order chi connectivity index (χ0) is 34.6. The Kier molecular flexibility index (Phi) is 18.7. The summed E-state index contributed by atoms with van der Waals surface area (Å²) in [7, 11) is 0.559. The predicted octanol–water partition coefficient (Wildman–Crippen LogP) is 1.85. The van der Waals surface area contributed by atoms with Crippen molar-refractivity contribution in [2.24, 2.45) is 4.90 Å². The van der Waals surface area contributed by atoms with Crippen molar-refractivity contribution in [3.05, 3.63) is 70.8 Å². The first-order chi connectivity index (χ1) is 22.6. The summed E-state index contributed by atoms with van der Waals surface area (Å²) in [5.41, 5.74) is 4.11. The van der Waals surface area contributed by atoms with Crippen LogP contribution in [0.1, 0.15) is 35.1 Å². The minimum Gasteiger partial charge on any atom is -0.450 e. The lowest BCUT2D eigenvalue weighted by Crippen LogP contribution is -2.55. The molecule has 0 saturated carbocycles. The number of nitrogens with one attached hydrogen (secondary N) is 2. The highest BCUT2D eigenvalue weighted by atomic mass is 16.5. The molecule has 5 N–H and O–H groups in total. The molecule has 0 aliphatic carbocycles. The number of nitrogens with zero attached hydrogens (tertiary/aromatic N) is 3. The van der Waals surface area contributed by atoms with E-state index in [4.69, 9.17) is 20.3 Å². The fraction of sp³-hybridized carbons (Fsp3) is 0.433. The molecule has 0 aliphatic heterocycles. The molecule has 47 heavy (non-hydrogen) atoms. The van der Waals surface area contributed by atoms with Gasteiger partial charge in [-0.3, -0.25) is 0 Å². The number of benzene rings is 2. The molecule has 12 nitrogen and oxygen atoms in total. The van der Waals surface area contributed by atoms with E-state index in [1.807, 2.05) is 48.5 Å². The zero-order valence-corrected chi connectivity index (χ0v) is 27.5. The summed E-state index contributed by atoms with van der Waals surface area (Å²) in [6, 6.07) is 14.8. The summed E-state index contributed by atoms with van der Waals surface area (Å²) in [5.74, 6) is 0.252. The maximum Gasteiger partial charge on any atom is 0.411 e. The van der Waals surface area contributed by atoms with Crippen LogP contribution in [-0.4, -0.2) is 116 Å². The average Bonchev–Trinajstić information content (AvgIpc) is 3.04. The maximum atomic E-state index is 11.2. The van der Waals surface area contributed by atoms with Gasteiger partial charge in [-0.05, 0) is 61.4 Å². The lowest BCUT2D eigenvalue weighted by molar-refractivity contribution is 0.114. The van der Waals surface area contributed by atoms with Gasteiger partial charge in [0.2, 0.25) is 7.28 Å². The molecular formula is C30H44B5N5O7. The van der Waals surface area contributed by atoms with Gasteiger partial charge in [0.05, 0.1) is 19.4 Å². The third kappa shape index (κ3) is 14.9. The van der Waals surface area contributed by atoms with Crippen LogP contribution in [0.4, 0.5) is 0 Å². The molecule has 0 bridgehead atoms. The van der Waals surface area contributed by atoms with Crippen molar-refractivity contribution in [2.75, 3.05) is 26.3 Å². The molecule has 0 amide bonds. The molecule has 0 fully saturated rings. The number of guanidine groups is 1. The van der Waals surface area contributed by atoms with Crippen molar-refractivity contribution in [1.82, 2.24) is 9.62 Å². The van der Waals surface area contributed by atoms with Crippen LogP contribution in [0.5, 0.6) is 0 Å². The molecule has 0 unspecified atom stereocenters. The van der Waals surface area contributed by atoms with Gasteiger partial charge in [0.25, 0.3) is 6.92 Å². The second-order valence-electron chi connectivity index (χ2n) is 11.2. The van der Waals surface area contributed by atoms with Crippen molar-refractivity contribution in [1.29, 1.82) is 10.8 Å². The maximum absolute atomic E-state index is 11.2. The third-order valence-electron chi connectivity index (χ3n) is 7.10. The minimum absolute atomic E-state index is 0.252. The van der Waals surface area contributed by atoms with Gasteiger partial charge in [0.15, 0.2) is 5.96 Å². The summed E-state index contributed by atoms with van der Waals surface area (Å²) in [4.78, 5) is 29.1. The van der Waals surface area contributed by atoms with Gasteiger partial charge in [-0.15, -0.1) is 0 Å². The largest absolute Gasteiger partial charge is 0.450 e. The Hall–Kier alpha value is -3.49. The lowest BCUT2D eigenvalue weighted by Gasteiger charge is -2.36. The molecule has 0 aromatic heterocycles. The van der Waals surface area contributed by atoms with Crippen molar-refractivity contribution >= 4 is 65.5 Å². The SMILES string of the molecule is CB(O)CC(=N)c1ccc(COCCCN(B(C)O)C(=N[B]C=O)N(CCCOCc2ccc(C(=N)C[B]C=O)cc2)B(C)O)cc1. The van der Waals surface area contributed by atoms with Gasteiger partial charge in [-0.25, -0.2) is 0 Å². The van der Waals surface area contributed by atoms with Crippen LogP contribution in [0.15, 0.2) is 53.4 Å². The van der Waals surface area contributed by atoms with Gasteiger partial charge in [-0.1, -0.05) is 55.4 Å². The smallest absolute Gasteiger partial charge is 0.411 e. The van der Waals surface area contributed by atoms with Crippen molar-refractivity contribution in [2.45, 2.75) is 59.2 Å². The summed E-state index contributed by atoms with van der Waals surface area (Å²) < 4.78 is 11.7. The molecule has 0 heterocycles. The highest BCUT2D eigenvalue weighted by molar-refractivity contribution is 6.70. The van der Waals surface area contributed by atoms with Crippen LogP contribution >= 0.6 is 0 Å². The Balaban J connectivity index is 1.88. The van der Waals surface area contributed by atoms with Crippen molar-refractivity contribution in [3.63, 3.8) is 0 Å². The van der Waals surface area contributed by atoms with E-state index < -0.39 is 21.0 Å². The molecule has 246 valence electrons.